The first-order chi connectivity index (χ1) is 8.01. The second-order valence-corrected chi connectivity index (χ2v) is 4.36. The van der Waals surface area contributed by atoms with E-state index in [1.165, 1.54) is 11.3 Å². The highest BCUT2D eigenvalue weighted by molar-refractivity contribution is 5.27. The summed E-state index contributed by atoms with van der Waals surface area (Å²) in [5, 5.41) is 3.30. The van der Waals surface area contributed by atoms with Crippen molar-refractivity contribution >= 4 is 0 Å². The molecule has 0 saturated heterocycles. The van der Waals surface area contributed by atoms with E-state index in [9.17, 15) is 0 Å². The minimum atomic E-state index is 0.579. The molecule has 1 N–H and O–H groups in total. The normalized spacial score (nSPS) is 13.2. The van der Waals surface area contributed by atoms with E-state index in [4.69, 9.17) is 0 Å². The quantitative estimate of drug-likeness (QED) is 0.625. The summed E-state index contributed by atoms with van der Waals surface area (Å²) in [5.74, 6) is 0.579. The summed E-state index contributed by atoms with van der Waals surface area (Å²) in [6.07, 6.45) is 11.0. The van der Waals surface area contributed by atoms with Crippen LogP contribution >= 0.6 is 0 Å². The first-order valence-electron chi connectivity index (χ1n) is 6.14. The van der Waals surface area contributed by atoms with Gasteiger partial charge in [0.05, 0.1) is 0 Å². The van der Waals surface area contributed by atoms with E-state index in [2.05, 4.69) is 52.2 Å². The molecule has 0 saturated carbocycles. The second kappa shape index (κ2) is 8.63. The topological polar surface area (TPSA) is 12.0 Å². The zero-order chi connectivity index (χ0) is 13.3. The molecule has 1 nitrogen and oxygen atoms in total. The highest BCUT2D eigenvalue weighted by atomic mass is 14.9. The van der Waals surface area contributed by atoms with Gasteiger partial charge in [-0.1, -0.05) is 58.2 Å². The van der Waals surface area contributed by atoms with Crippen molar-refractivity contribution in [3.8, 4) is 0 Å². The van der Waals surface area contributed by atoms with Crippen molar-refractivity contribution in [2.45, 2.75) is 34.1 Å². The van der Waals surface area contributed by atoms with Crippen LogP contribution in [0, 0.1) is 5.92 Å². The molecule has 0 heterocycles. The summed E-state index contributed by atoms with van der Waals surface area (Å²) in [6.45, 7) is 16.2. The third kappa shape index (κ3) is 7.40. The highest BCUT2D eigenvalue weighted by Gasteiger charge is 1.97. The van der Waals surface area contributed by atoms with Crippen LogP contribution in [0.4, 0.5) is 0 Å². The van der Waals surface area contributed by atoms with Crippen molar-refractivity contribution in [2.75, 3.05) is 0 Å². The summed E-state index contributed by atoms with van der Waals surface area (Å²) in [5.41, 5.74) is 3.23. The van der Waals surface area contributed by atoms with Gasteiger partial charge in [0.1, 0.15) is 0 Å². The Balaban J connectivity index is 4.40. The monoisotopic (exact) mass is 231 g/mol. The maximum absolute atomic E-state index is 3.98. The molecule has 0 rings (SSSR count). The molecule has 0 atom stereocenters. The van der Waals surface area contributed by atoms with Crippen LogP contribution in [-0.4, -0.2) is 0 Å². The van der Waals surface area contributed by atoms with Gasteiger partial charge in [-0.25, -0.2) is 0 Å². The number of rotatable bonds is 7. The van der Waals surface area contributed by atoms with Gasteiger partial charge >= 0.3 is 0 Å². The number of nitrogens with one attached hydrogen (secondary N) is 1. The zero-order valence-corrected chi connectivity index (χ0v) is 11.6. The molecule has 0 bridgehead atoms. The van der Waals surface area contributed by atoms with Gasteiger partial charge in [-0.05, 0) is 30.9 Å². The molecule has 0 fully saturated rings. The van der Waals surface area contributed by atoms with Crippen LogP contribution < -0.4 is 5.32 Å². The van der Waals surface area contributed by atoms with Crippen LogP contribution in [0.1, 0.15) is 34.1 Å². The molecule has 0 unspecified atom stereocenters. The Hall–Kier alpha value is -1.50. The molecule has 0 aromatic rings. The van der Waals surface area contributed by atoms with E-state index in [-0.39, 0.29) is 0 Å². The average Bonchev–Trinajstić information content (AvgIpc) is 2.30. The molecule has 0 aromatic heterocycles. The summed E-state index contributed by atoms with van der Waals surface area (Å²) in [7, 11) is 0. The third-order valence-corrected chi connectivity index (χ3v) is 2.35. The van der Waals surface area contributed by atoms with Gasteiger partial charge in [0, 0.05) is 11.4 Å². The lowest BCUT2D eigenvalue weighted by molar-refractivity contribution is 0.832. The summed E-state index contributed by atoms with van der Waals surface area (Å²) in [4.78, 5) is 0. The van der Waals surface area contributed by atoms with E-state index in [0.717, 1.165) is 12.1 Å². The molecule has 1 heteroatoms. The van der Waals surface area contributed by atoms with Crippen molar-refractivity contribution in [1.82, 2.24) is 5.32 Å². The predicted octanol–water partition coefficient (Wildman–Crippen LogP) is 4.73. The van der Waals surface area contributed by atoms with Gasteiger partial charge in [0.25, 0.3) is 0 Å². The fourth-order valence-corrected chi connectivity index (χ4v) is 1.28. The minimum Gasteiger partial charge on any atom is -0.359 e. The molecule has 0 aliphatic rings. The fraction of sp³-hybridized carbons (Fsp3) is 0.375. The Morgan fingerprint density at radius 3 is 2.41 bits per heavy atom. The number of hydrogen-bond acceptors (Lipinski definition) is 1. The third-order valence-electron chi connectivity index (χ3n) is 2.35. The van der Waals surface area contributed by atoms with Gasteiger partial charge < -0.3 is 5.32 Å². The van der Waals surface area contributed by atoms with Crippen LogP contribution in [-0.2, 0) is 0 Å². The molecule has 0 radical (unpaired) electrons. The standard InChI is InChI=1S/C16H25N/c1-7-14(5)16(8-2)17-15(6)12-10-9-11-13(3)4/h7,9-13,17H,1,6,8H2,2-5H3/b11-9-,12-10-,16-14+. The Morgan fingerprint density at radius 2 is 1.94 bits per heavy atom. The molecule has 0 aliphatic carbocycles. The smallest absolute Gasteiger partial charge is 0.0308 e. The van der Waals surface area contributed by atoms with E-state index in [1.807, 2.05) is 24.3 Å². The average molecular weight is 231 g/mol. The Morgan fingerprint density at radius 1 is 1.29 bits per heavy atom. The first-order valence-corrected chi connectivity index (χ1v) is 6.14. The van der Waals surface area contributed by atoms with Crippen molar-refractivity contribution in [3.63, 3.8) is 0 Å². The number of hydrogen-bond donors (Lipinski definition) is 1. The molecule has 94 valence electrons. The molecule has 0 aromatic carbocycles. The number of allylic oxidation sites excluding steroid dienone is 7. The summed E-state index contributed by atoms with van der Waals surface area (Å²) in [6, 6.07) is 0. The van der Waals surface area contributed by atoms with E-state index in [0.29, 0.717) is 5.92 Å². The van der Waals surface area contributed by atoms with Crippen molar-refractivity contribution < 1.29 is 0 Å². The van der Waals surface area contributed by atoms with Crippen LogP contribution in [0.15, 0.2) is 60.5 Å². The Kier molecular flexibility index (Phi) is 7.87. The molecular formula is C16H25N. The summed E-state index contributed by atoms with van der Waals surface area (Å²) < 4.78 is 0. The lowest BCUT2D eigenvalue weighted by Gasteiger charge is -2.11. The summed E-state index contributed by atoms with van der Waals surface area (Å²) >= 11 is 0. The van der Waals surface area contributed by atoms with E-state index in [1.54, 1.807) is 0 Å². The predicted molar refractivity (Wildman–Crippen MR) is 78.6 cm³/mol. The van der Waals surface area contributed by atoms with E-state index < -0.39 is 0 Å². The molecule has 0 aliphatic heterocycles. The fourth-order valence-electron chi connectivity index (χ4n) is 1.28. The zero-order valence-electron chi connectivity index (χ0n) is 11.6. The molecule has 0 amide bonds. The van der Waals surface area contributed by atoms with Crippen molar-refractivity contribution in [3.05, 3.63) is 60.5 Å². The second-order valence-electron chi connectivity index (χ2n) is 4.36. The van der Waals surface area contributed by atoms with Crippen molar-refractivity contribution in [1.29, 1.82) is 0 Å². The van der Waals surface area contributed by atoms with Gasteiger partial charge in [-0.3, -0.25) is 0 Å². The van der Waals surface area contributed by atoms with Gasteiger partial charge in [0.15, 0.2) is 0 Å². The Labute approximate surface area is 106 Å². The van der Waals surface area contributed by atoms with Crippen LogP contribution in [0.2, 0.25) is 0 Å². The van der Waals surface area contributed by atoms with Crippen LogP contribution in [0.3, 0.4) is 0 Å². The molecule has 0 spiro atoms. The molecule has 17 heavy (non-hydrogen) atoms. The minimum absolute atomic E-state index is 0.579. The highest BCUT2D eigenvalue weighted by Crippen LogP contribution is 2.08. The lowest BCUT2D eigenvalue weighted by Crippen LogP contribution is -2.11. The lowest BCUT2D eigenvalue weighted by atomic mass is 10.2. The Bertz CT molecular complexity index is 341. The SMILES string of the molecule is C=C/C(C)=C(\CC)NC(=C)/C=C\C=C/C(C)C. The maximum Gasteiger partial charge on any atom is 0.0308 e. The van der Waals surface area contributed by atoms with E-state index >= 15 is 0 Å². The van der Waals surface area contributed by atoms with Crippen LogP contribution in [0.5, 0.6) is 0 Å². The van der Waals surface area contributed by atoms with Gasteiger partial charge in [0.2, 0.25) is 0 Å². The first kappa shape index (κ1) is 15.5. The largest absolute Gasteiger partial charge is 0.359 e. The van der Waals surface area contributed by atoms with Gasteiger partial charge in [-0.2, -0.15) is 0 Å². The van der Waals surface area contributed by atoms with Crippen molar-refractivity contribution in [2.24, 2.45) is 5.92 Å². The van der Waals surface area contributed by atoms with Gasteiger partial charge in [-0.15, -0.1) is 0 Å². The maximum atomic E-state index is 3.98. The molecular weight excluding hydrogens is 206 g/mol. The van der Waals surface area contributed by atoms with Crippen LogP contribution in [0.25, 0.3) is 0 Å².